The standard InChI is InChI=1S/C15H26N2O/c1-11-4-3-5-13(16-2)14(18)17(11)15-8-6-12(10-15)7-9-15/h11-13,16H,3-10H2,1-2H3. The van der Waals surface area contributed by atoms with Crippen LogP contribution >= 0.6 is 0 Å². The summed E-state index contributed by atoms with van der Waals surface area (Å²) >= 11 is 0. The van der Waals surface area contributed by atoms with Gasteiger partial charge in [-0.3, -0.25) is 4.79 Å². The van der Waals surface area contributed by atoms with Crippen LogP contribution in [0.4, 0.5) is 0 Å². The molecule has 0 aromatic heterocycles. The number of likely N-dealkylation sites (tertiary alicyclic amines) is 1. The lowest BCUT2D eigenvalue weighted by Gasteiger charge is -2.44. The lowest BCUT2D eigenvalue weighted by molar-refractivity contribution is -0.142. The SMILES string of the molecule is CNC1CCCC(C)N(C23CCC(CC2)C3)C1=O. The van der Waals surface area contributed by atoms with Crippen molar-refractivity contribution < 1.29 is 4.79 Å². The van der Waals surface area contributed by atoms with Gasteiger partial charge in [-0.25, -0.2) is 0 Å². The van der Waals surface area contributed by atoms with Crippen molar-refractivity contribution in [1.82, 2.24) is 10.2 Å². The van der Waals surface area contributed by atoms with Crippen LogP contribution in [0.25, 0.3) is 0 Å². The van der Waals surface area contributed by atoms with Gasteiger partial charge in [0.1, 0.15) is 0 Å². The van der Waals surface area contributed by atoms with Gasteiger partial charge in [0.25, 0.3) is 0 Å². The van der Waals surface area contributed by atoms with Gasteiger partial charge in [-0.15, -0.1) is 0 Å². The van der Waals surface area contributed by atoms with Crippen LogP contribution in [0.3, 0.4) is 0 Å². The van der Waals surface area contributed by atoms with E-state index in [2.05, 4.69) is 17.1 Å². The zero-order valence-corrected chi connectivity index (χ0v) is 11.7. The van der Waals surface area contributed by atoms with E-state index in [0.717, 1.165) is 12.3 Å². The van der Waals surface area contributed by atoms with E-state index in [-0.39, 0.29) is 11.6 Å². The third kappa shape index (κ3) is 1.78. The summed E-state index contributed by atoms with van der Waals surface area (Å²) in [7, 11) is 1.93. The summed E-state index contributed by atoms with van der Waals surface area (Å²) in [5.74, 6) is 1.28. The van der Waals surface area contributed by atoms with Crippen LogP contribution in [0.1, 0.15) is 58.3 Å². The Morgan fingerprint density at radius 2 is 1.94 bits per heavy atom. The molecule has 3 fully saturated rings. The Balaban J connectivity index is 1.89. The van der Waals surface area contributed by atoms with Gasteiger partial charge in [0.2, 0.25) is 5.91 Å². The summed E-state index contributed by atoms with van der Waals surface area (Å²) in [4.78, 5) is 15.1. The highest BCUT2D eigenvalue weighted by atomic mass is 16.2. The van der Waals surface area contributed by atoms with Crippen molar-refractivity contribution in [1.29, 1.82) is 0 Å². The number of likely N-dealkylation sites (N-methyl/N-ethyl adjacent to an activating group) is 1. The van der Waals surface area contributed by atoms with Crippen LogP contribution in [0.5, 0.6) is 0 Å². The number of fused-ring (bicyclic) bond motifs is 2. The Morgan fingerprint density at radius 1 is 1.22 bits per heavy atom. The van der Waals surface area contributed by atoms with Gasteiger partial charge in [0.15, 0.2) is 0 Å². The molecule has 2 bridgehead atoms. The topological polar surface area (TPSA) is 32.3 Å². The number of hydrogen-bond donors (Lipinski definition) is 1. The van der Waals surface area contributed by atoms with Crippen molar-refractivity contribution in [2.24, 2.45) is 5.92 Å². The molecule has 1 amide bonds. The zero-order valence-electron chi connectivity index (χ0n) is 11.7. The van der Waals surface area contributed by atoms with Gasteiger partial charge in [-0.2, -0.15) is 0 Å². The summed E-state index contributed by atoms with van der Waals surface area (Å²) < 4.78 is 0. The molecule has 1 N–H and O–H groups in total. The minimum absolute atomic E-state index is 0.0592. The van der Waals surface area contributed by atoms with Gasteiger partial charge >= 0.3 is 0 Å². The van der Waals surface area contributed by atoms with E-state index in [4.69, 9.17) is 0 Å². The number of hydrogen-bond acceptors (Lipinski definition) is 2. The Labute approximate surface area is 110 Å². The zero-order chi connectivity index (χ0) is 12.8. The van der Waals surface area contributed by atoms with Crippen molar-refractivity contribution in [3.05, 3.63) is 0 Å². The second-order valence-electron chi connectivity index (χ2n) is 6.70. The Morgan fingerprint density at radius 3 is 2.50 bits per heavy atom. The number of carbonyl (C=O) groups excluding carboxylic acids is 1. The third-order valence-electron chi connectivity index (χ3n) is 5.66. The average molecular weight is 250 g/mol. The lowest BCUT2D eigenvalue weighted by Crippen LogP contribution is -2.57. The van der Waals surface area contributed by atoms with E-state index < -0.39 is 0 Å². The number of rotatable bonds is 2. The normalized spacial score (nSPS) is 44.4. The molecule has 0 aromatic rings. The highest BCUT2D eigenvalue weighted by molar-refractivity contribution is 5.83. The summed E-state index contributed by atoms with van der Waals surface area (Å²) in [5.41, 5.74) is 0.237. The molecule has 0 spiro atoms. The van der Waals surface area contributed by atoms with E-state index in [1.54, 1.807) is 0 Å². The summed E-state index contributed by atoms with van der Waals surface area (Å²) in [6.45, 7) is 2.26. The molecule has 0 radical (unpaired) electrons. The molecule has 102 valence electrons. The molecule has 3 rings (SSSR count). The van der Waals surface area contributed by atoms with Crippen molar-refractivity contribution in [2.75, 3.05) is 7.05 Å². The molecule has 3 nitrogen and oxygen atoms in total. The van der Waals surface area contributed by atoms with E-state index in [1.807, 2.05) is 7.05 Å². The van der Waals surface area contributed by atoms with Crippen LogP contribution in [0.15, 0.2) is 0 Å². The molecule has 0 aromatic carbocycles. The molecule has 1 heterocycles. The maximum absolute atomic E-state index is 12.8. The molecule has 1 aliphatic heterocycles. The predicted molar refractivity (Wildman–Crippen MR) is 72.3 cm³/mol. The second kappa shape index (κ2) is 4.52. The molecule has 3 aliphatic rings. The van der Waals surface area contributed by atoms with Gasteiger partial charge in [-0.05, 0) is 71.3 Å². The molecule has 1 saturated heterocycles. The van der Waals surface area contributed by atoms with Crippen molar-refractivity contribution >= 4 is 5.91 Å². The first-order valence-corrected chi connectivity index (χ1v) is 7.67. The fourth-order valence-electron chi connectivity index (χ4n) is 4.72. The van der Waals surface area contributed by atoms with Crippen LogP contribution < -0.4 is 5.32 Å². The monoisotopic (exact) mass is 250 g/mol. The van der Waals surface area contributed by atoms with E-state index >= 15 is 0 Å². The third-order valence-corrected chi connectivity index (χ3v) is 5.66. The fourth-order valence-corrected chi connectivity index (χ4v) is 4.72. The van der Waals surface area contributed by atoms with Crippen LogP contribution in [-0.2, 0) is 4.79 Å². The van der Waals surface area contributed by atoms with Crippen molar-refractivity contribution in [2.45, 2.75) is 75.9 Å². The Bertz CT molecular complexity index is 333. The summed E-state index contributed by atoms with van der Waals surface area (Å²) in [6.07, 6.45) is 9.84. The summed E-state index contributed by atoms with van der Waals surface area (Å²) in [5, 5.41) is 3.23. The van der Waals surface area contributed by atoms with Crippen LogP contribution in [0, 0.1) is 5.92 Å². The number of nitrogens with zero attached hydrogens (tertiary/aromatic N) is 1. The molecule has 2 saturated carbocycles. The average Bonchev–Trinajstić information content (AvgIpc) is 2.91. The van der Waals surface area contributed by atoms with Gasteiger partial charge in [0, 0.05) is 11.6 Å². The van der Waals surface area contributed by atoms with Crippen molar-refractivity contribution in [3.63, 3.8) is 0 Å². The maximum atomic E-state index is 12.8. The van der Waals surface area contributed by atoms with Crippen LogP contribution in [-0.4, -0.2) is 35.5 Å². The Hall–Kier alpha value is -0.570. The van der Waals surface area contributed by atoms with Crippen LogP contribution in [0.2, 0.25) is 0 Å². The molecular formula is C15H26N2O. The minimum atomic E-state index is 0.0592. The summed E-state index contributed by atoms with van der Waals surface area (Å²) in [6, 6.07) is 0.497. The molecule has 18 heavy (non-hydrogen) atoms. The fraction of sp³-hybridized carbons (Fsp3) is 0.933. The highest BCUT2D eigenvalue weighted by Gasteiger charge is 2.52. The molecular weight excluding hydrogens is 224 g/mol. The second-order valence-corrected chi connectivity index (χ2v) is 6.70. The van der Waals surface area contributed by atoms with E-state index in [1.165, 1.54) is 44.9 Å². The minimum Gasteiger partial charge on any atom is -0.333 e. The smallest absolute Gasteiger partial charge is 0.240 e. The van der Waals surface area contributed by atoms with E-state index in [9.17, 15) is 4.79 Å². The first-order chi connectivity index (χ1) is 8.66. The molecule has 2 atom stereocenters. The molecule has 3 heteroatoms. The first kappa shape index (κ1) is 12.5. The van der Waals surface area contributed by atoms with Gasteiger partial charge in [-0.1, -0.05) is 0 Å². The van der Waals surface area contributed by atoms with Gasteiger partial charge < -0.3 is 10.2 Å². The number of amides is 1. The number of carbonyl (C=O) groups is 1. The van der Waals surface area contributed by atoms with E-state index in [0.29, 0.717) is 11.9 Å². The highest BCUT2D eigenvalue weighted by Crippen LogP contribution is 2.52. The first-order valence-electron chi connectivity index (χ1n) is 7.67. The predicted octanol–water partition coefficient (Wildman–Crippen LogP) is 2.31. The van der Waals surface area contributed by atoms with Crippen molar-refractivity contribution in [3.8, 4) is 0 Å². The number of nitrogens with one attached hydrogen (secondary N) is 1. The molecule has 2 unspecified atom stereocenters. The van der Waals surface area contributed by atoms with Gasteiger partial charge in [0.05, 0.1) is 6.04 Å². The maximum Gasteiger partial charge on any atom is 0.240 e. The lowest BCUT2D eigenvalue weighted by atomic mass is 9.89. The largest absolute Gasteiger partial charge is 0.333 e. The quantitative estimate of drug-likeness (QED) is 0.815. The molecule has 2 aliphatic carbocycles. The Kier molecular flexibility index (Phi) is 3.13.